The Bertz CT molecular complexity index is 292. The van der Waals surface area contributed by atoms with Crippen molar-refractivity contribution in [2.75, 3.05) is 6.61 Å². The summed E-state index contributed by atoms with van der Waals surface area (Å²) in [5, 5.41) is 14.5. The first-order chi connectivity index (χ1) is 7.94. The molecule has 1 saturated carbocycles. The summed E-state index contributed by atoms with van der Waals surface area (Å²) in [6.45, 7) is 5.54. The summed E-state index contributed by atoms with van der Waals surface area (Å²) >= 11 is 0. The topological polar surface area (TPSA) is 61.4 Å². The molecule has 0 heterocycles. The van der Waals surface area contributed by atoms with Crippen LogP contribution in [0.25, 0.3) is 0 Å². The summed E-state index contributed by atoms with van der Waals surface area (Å²) in [5.41, 5.74) is 0.651. The van der Waals surface area contributed by atoms with Gasteiger partial charge in [-0.05, 0) is 39.5 Å². The van der Waals surface area contributed by atoms with Crippen LogP contribution < -0.4 is 10.6 Å². The smallest absolute Gasteiger partial charge is 0.319 e. The van der Waals surface area contributed by atoms with Gasteiger partial charge in [0.05, 0.1) is 12.1 Å². The monoisotopic (exact) mass is 240 g/mol. The van der Waals surface area contributed by atoms with Gasteiger partial charge in [-0.1, -0.05) is 18.4 Å². The van der Waals surface area contributed by atoms with E-state index in [4.69, 9.17) is 5.11 Å². The van der Waals surface area contributed by atoms with Crippen LogP contribution in [0.4, 0.5) is 4.79 Å². The normalized spacial score (nSPS) is 18.2. The highest BCUT2D eigenvalue weighted by molar-refractivity contribution is 5.75. The van der Waals surface area contributed by atoms with Crippen LogP contribution in [-0.2, 0) is 0 Å². The summed E-state index contributed by atoms with van der Waals surface area (Å²) in [6, 6.07) is -0.263. The lowest BCUT2D eigenvalue weighted by Gasteiger charge is -2.23. The molecule has 0 aromatic rings. The number of rotatable bonds is 4. The zero-order chi connectivity index (χ0) is 12.9. The molecular weight excluding hydrogens is 216 g/mol. The summed E-state index contributed by atoms with van der Waals surface area (Å²) in [7, 11) is 0. The van der Waals surface area contributed by atoms with Gasteiger partial charge in [0.1, 0.15) is 0 Å². The van der Waals surface area contributed by atoms with Crippen LogP contribution in [0.5, 0.6) is 0 Å². The lowest BCUT2D eigenvalue weighted by atomic mass is 10.0. The first-order valence-corrected chi connectivity index (χ1v) is 6.31. The predicted molar refractivity (Wildman–Crippen MR) is 68.5 cm³/mol. The molecular formula is C13H24N2O2. The standard InChI is InChI=1S/C13H24N2O2/c1-10(11-6-4-5-7-11)8-14-12(17)15-13(2,3)9-16/h8,11,16H,4-7,9H2,1-3H3,(H2,14,15,17)/b10-8+. The summed E-state index contributed by atoms with van der Waals surface area (Å²) in [5.74, 6) is 0.626. The Morgan fingerprint density at radius 1 is 1.41 bits per heavy atom. The zero-order valence-corrected chi connectivity index (χ0v) is 11.0. The lowest BCUT2D eigenvalue weighted by molar-refractivity contribution is 0.183. The first-order valence-electron chi connectivity index (χ1n) is 6.31. The van der Waals surface area contributed by atoms with Gasteiger partial charge in [-0.25, -0.2) is 4.79 Å². The van der Waals surface area contributed by atoms with Crippen molar-refractivity contribution in [2.24, 2.45) is 5.92 Å². The number of urea groups is 1. The van der Waals surface area contributed by atoms with Gasteiger partial charge in [-0.15, -0.1) is 0 Å². The quantitative estimate of drug-likeness (QED) is 0.705. The average Bonchev–Trinajstić information content (AvgIpc) is 2.78. The minimum absolute atomic E-state index is 0.0776. The van der Waals surface area contributed by atoms with Crippen LogP contribution in [0.3, 0.4) is 0 Å². The fourth-order valence-electron chi connectivity index (χ4n) is 2.06. The van der Waals surface area contributed by atoms with E-state index in [1.54, 1.807) is 20.0 Å². The van der Waals surface area contributed by atoms with Crippen molar-refractivity contribution < 1.29 is 9.90 Å². The van der Waals surface area contributed by atoms with E-state index in [0.29, 0.717) is 5.92 Å². The Balaban J connectivity index is 2.38. The van der Waals surface area contributed by atoms with E-state index in [9.17, 15) is 4.79 Å². The highest BCUT2D eigenvalue weighted by Crippen LogP contribution is 2.30. The fourth-order valence-corrected chi connectivity index (χ4v) is 2.06. The number of hydrogen-bond acceptors (Lipinski definition) is 2. The maximum absolute atomic E-state index is 11.6. The van der Waals surface area contributed by atoms with Gasteiger partial charge in [0.15, 0.2) is 0 Å². The Hall–Kier alpha value is -1.03. The molecule has 1 aliphatic rings. The van der Waals surface area contributed by atoms with Crippen molar-refractivity contribution >= 4 is 6.03 Å². The van der Waals surface area contributed by atoms with E-state index < -0.39 is 5.54 Å². The van der Waals surface area contributed by atoms with Crippen LogP contribution in [0.2, 0.25) is 0 Å². The number of hydrogen-bond donors (Lipinski definition) is 3. The average molecular weight is 240 g/mol. The molecule has 2 amide bonds. The second kappa shape index (κ2) is 6.05. The van der Waals surface area contributed by atoms with E-state index in [0.717, 1.165) is 0 Å². The van der Waals surface area contributed by atoms with Crippen LogP contribution in [-0.4, -0.2) is 23.3 Å². The fraction of sp³-hybridized carbons (Fsp3) is 0.769. The minimum Gasteiger partial charge on any atom is -0.394 e. The largest absolute Gasteiger partial charge is 0.394 e. The van der Waals surface area contributed by atoms with Gasteiger partial charge < -0.3 is 15.7 Å². The van der Waals surface area contributed by atoms with Gasteiger partial charge in [-0.2, -0.15) is 0 Å². The van der Waals surface area contributed by atoms with Crippen LogP contribution >= 0.6 is 0 Å². The molecule has 4 nitrogen and oxygen atoms in total. The Labute approximate surface area is 103 Å². The van der Waals surface area contributed by atoms with Gasteiger partial charge in [-0.3, -0.25) is 0 Å². The zero-order valence-electron chi connectivity index (χ0n) is 11.0. The molecule has 0 spiro atoms. The molecule has 98 valence electrons. The molecule has 0 aliphatic heterocycles. The molecule has 4 heteroatoms. The summed E-state index contributed by atoms with van der Waals surface area (Å²) in [4.78, 5) is 11.6. The van der Waals surface area contributed by atoms with Crippen molar-refractivity contribution in [1.82, 2.24) is 10.6 Å². The molecule has 17 heavy (non-hydrogen) atoms. The SMILES string of the molecule is C/C(=C\NC(=O)NC(C)(C)CO)C1CCCC1. The molecule has 1 fully saturated rings. The van der Waals surface area contributed by atoms with E-state index in [2.05, 4.69) is 17.6 Å². The second-order valence-electron chi connectivity index (χ2n) is 5.51. The molecule has 1 rings (SSSR count). The van der Waals surface area contributed by atoms with Crippen molar-refractivity contribution in [2.45, 2.75) is 52.0 Å². The molecule has 1 aliphatic carbocycles. The first kappa shape index (κ1) is 14.0. The van der Waals surface area contributed by atoms with Crippen molar-refractivity contribution in [1.29, 1.82) is 0 Å². The number of aliphatic hydroxyl groups is 1. The number of aliphatic hydroxyl groups excluding tert-OH is 1. The Morgan fingerprint density at radius 2 is 2.00 bits per heavy atom. The summed E-state index contributed by atoms with van der Waals surface area (Å²) < 4.78 is 0. The van der Waals surface area contributed by atoms with Crippen molar-refractivity contribution in [3.8, 4) is 0 Å². The molecule has 3 N–H and O–H groups in total. The van der Waals surface area contributed by atoms with E-state index in [1.807, 2.05) is 0 Å². The van der Waals surface area contributed by atoms with Crippen LogP contribution in [0.15, 0.2) is 11.8 Å². The number of carbonyl (C=O) groups is 1. The third-order valence-corrected chi connectivity index (χ3v) is 3.28. The van der Waals surface area contributed by atoms with Gasteiger partial charge in [0, 0.05) is 6.20 Å². The second-order valence-corrected chi connectivity index (χ2v) is 5.51. The van der Waals surface area contributed by atoms with Crippen molar-refractivity contribution in [3.05, 3.63) is 11.8 Å². The van der Waals surface area contributed by atoms with Crippen molar-refractivity contribution in [3.63, 3.8) is 0 Å². The molecule has 0 saturated heterocycles. The van der Waals surface area contributed by atoms with Crippen LogP contribution in [0.1, 0.15) is 46.5 Å². The van der Waals surface area contributed by atoms with E-state index in [-0.39, 0.29) is 12.6 Å². The maximum atomic E-state index is 11.6. The molecule has 0 aromatic heterocycles. The van der Waals surface area contributed by atoms with E-state index in [1.165, 1.54) is 31.3 Å². The van der Waals surface area contributed by atoms with Gasteiger partial charge >= 0.3 is 6.03 Å². The van der Waals surface area contributed by atoms with Gasteiger partial charge in [0.2, 0.25) is 0 Å². The van der Waals surface area contributed by atoms with E-state index >= 15 is 0 Å². The highest BCUT2D eigenvalue weighted by atomic mass is 16.3. The third-order valence-electron chi connectivity index (χ3n) is 3.28. The predicted octanol–water partition coefficient (Wildman–Crippen LogP) is 2.15. The molecule has 0 radical (unpaired) electrons. The molecule has 0 unspecified atom stereocenters. The highest BCUT2D eigenvalue weighted by Gasteiger charge is 2.19. The molecule has 0 bridgehead atoms. The summed E-state index contributed by atoms with van der Waals surface area (Å²) in [6.07, 6.45) is 6.83. The number of amides is 2. The number of allylic oxidation sites excluding steroid dienone is 1. The molecule has 0 atom stereocenters. The van der Waals surface area contributed by atoms with Gasteiger partial charge in [0.25, 0.3) is 0 Å². The Morgan fingerprint density at radius 3 is 2.53 bits per heavy atom. The number of nitrogens with one attached hydrogen (secondary N) is 2. The van der Waals surface area contributed by atoms with Crippen LogP contribution in [0, 0.1) is 5.92 Å². The maximum Gasteiger partial charge on any atom is 0.319 e. The Kier molecular flexibility index (Phi) is 5.00. The molecule has 0 aromatic carbocycles. The third kappa shape index (κ3) is 4.77. The minimum atomic E-state index is -0.584. The lowest BCUT2D eigenvalue weighted by Crippen LogP contribution is -2.49. The number of carbonyl (C=O) groups excluding carboxylic acids is 1.